The molecule has 1 fully saturated rings. The molecule has 1 atom stereocenters. The van der Waals surface area contributed by atoms with Crippen molar-refractivity contribution in [2.45, 2.75) is 43.5 Å². The molecule has 1 saturated carbocycles. The molecule has 2 aliphatic rings. The molecule has 2 heterocycles. The zero-order valence-electron chi connectivity index (χ0n) is 18.1. The number of aliphatic hydroxyl groups is 1. The van der Waals surface area contributed by atoms with Crippen molar-refractivity contribution < 1.29 is 23.1 Å². The molecule has 1 aliphatic heterocycles. The molecular weight excluding hydrogens is 447 g/mol. The van der Waals surface area contributed by atoms with E-state index >= 15 is 0 Å². The first-order valence-electron chi connectivity index (χ1n) is 11.0. The van der Waals surface area contributed by atoms with Crippen LogP contribution in [0.3, 0.4) is 0 Å². The van der Waals surface area contributed by atoms with Gasteiger partial charge >= 0.3 is 6.18 Å². The summed E-state index contributed by atoms with van der Waals surface area (Å²) in [6, 6.07) is 14.3. The van der Waals surface area contributed by atoms with Crippen LogP contribution in [-0.4, -0.2) is 32.4 Å². The molecule has 1 amide bonds. The molecule has 9 heteroatoms. The third-order valence-corrected chi connectivity index (χ3v) is 6.70. The Bertz CT molecular complexity index is 1300. The number of carbonyl (C=O) groups excluding carboxylic acids is 1. The van der Waals surface area contributed by atoms with Gasteiger partial charge in [-0.1, -0.05) is 48.5 Å². The van der Waals surface area contributed by atoms with Crippen molar-refractivity contribution in [3.63, 3.8) is 0 Å². The van der Waals surface area contributed by atoms with Gasteiger partial charge < -0.3 is 15.0 Å². The first-order valence-corrected chi connectivity index (χ1v) is 11.0. The number of alkyl halides is 3. The van der Waals surface area contributed by atoms with E-state index in [9.17, 15) is 27.9 Å². The minimum atomic E-state index is -4.71. The number of aromatic amines is 1. The maximum Gasteiger partial charge on any atom is 0.416 e. The summed E-state index contributed by atoms with van der Waals surface area (Å²) in [5.41, 5.74) is -0.305. The number of hydrogen-bond acceptors (Lipinski definition) is 4. The van der Waals surface area contributed by atoms with Crippen LogP contribution in [0.2, 0.25) is 0 Å². The van der Waals surface area contributed by atoms with Crippen molar-refractivity contribution in [2.75, 3.05) is 6.54 Å². The summed E-state index contributed by atoms with van der Waals surface area (Å²) in [7, 11) is 0. The van der Waals surface area contributed by atoms with Crippen molar-refractivity contribution in [3.8, 4) is 0 Å². The molecule has 1 aliphatic carbocycles. The van der Waals surface area contributed by atoms with Crippen LogP contribution >= 0.6 is 0 Å². The number of benzene rings is 2. The number of aliphatic hydroxyl groups excluding tert-OH is 1. The van der Waals surface area contributed by atoms with E-state index in [-0.39, 0.29) is 30.5 Å². The van der Waals surface area contributed by atoms with Crippen LogP contribution in [-0.2, 0) is 29.4 Å². The Morgan fingerprint density at radius 1 is 1.09 bits per heavy atom. The van der Waals surface area contributed by atoms with E-state index in [1.807, 2.05) is 30.3 Å². The number of amides is 1. The van der Waals surface area contributed by atoms with Gasteiger partial charge in [0.2, 0.25) is 0 Å². The Hall–Kier alpha value is -3.46. The fourth-order valence-electron chi connectivity index (χ4n) is 4.68. The molecule has 6 nitrogen and oxygen atoms in total. The van der Waals surface area contributed by atoms with E-state index in [4.69, 9.17) is 4.98 Å². The number of fused-ring (bicyclic) bond motifs is 1. The summed E-state index contributed by atoms with van der Waals surface area (Å²) in [6.45, 7) is 0.0195. The summed E-state index contributed by atoms with van der Waals surface area (Å²) in [5, 5.41) is 10.5. The highest BCUT2D eigenvalue weighted by molar-refractivity contribution is 5.82. The van der Waals surface area contributed by atoms with Crippen LogP contribution < -0.4 is 5.56 Å². The highest BCUT2D eigenvalue weighted by atomic mass is 19.4. The quantitative estimate of drug-likeness (QED) is 0.613. The van der Waals surface area contributed by atoms with Crippen LogP contribution in [0.15, 0.2) is 59.4 Å². The Balaban J connectivity index is 1.40. The SMILES string of the molecule is O=C(C(O)c1ccccc1C(F)(F)F)N1CCc2nc(C3(c4ccccc4)CC3)[nH]c(=O)c2C1. The average molecular weight is 469 g/mol. The molecule has 3 aromatic rings. The number of carbonyl (C=O) groups is 1. The predicted octanol–water partition coefficient (Wildman–Crippen LogP) is 3.49. The molecule has 2 aromatic carbocycles. The van der Waals surface area contributed by atoms with Gasteiger partial charge in [-0.25, -0.2) is 4.98 Å². The highest BCUT2D eigenvalue weighted by Gasteiger charge is 2.48. The molecule has 0 saturated heterocycles. The minimum Gasteiger partial charge on any atom is -0.378 e. The lowest BCUT2D eigenvalue weighted by atomic mass is 9.94. The maximum atomic E-state index is 13.3. The van der Waals surface area contributed by atoms with Crippen molar-refractivity contribution in [1.29, 1.82) is 0 Å². The summed E-state index contributed by atoms with van der Waals surface area (Å²) >= 11 is 0. The fraction of sp³-hybridized carbons (Fsp3) is 0.320. The third kappa shape index (κ3) is 3.79. The normalized spacial score (nSPS) is 17.7. The third-order valence-electron chi connectivity index (χ3n) is 6.70. The van der Waals surface area contributed by atoms with Gasteiger partial charge in [0.15, 0.2) is 6.10 Å². The Morgan fingerprint density at radius 2 is 1.76 bits per heavy atom. The van der Waals surface area contributed by atoms with Crippen molar-refractivity contribution in [3.05, 3.63) is 98.7 Å². The van der Waals surface area contributed by atoms with Gasteiger partial charge in [0.25, 0.3) is 11.5 Å². The number of rotatable bonds is 4. The van der Waals surface area contributed by atoms with Crippen LogP contribution in [0.25, 0.3) is 0 Å². The lowest BCUT2D eigenvalue weighted by Crippen LogP contribution is -2.42. The average Bonchev–Trinajstić information content (AvgIpc) is 3.65. The minimum absolute atomic E-state index is 0.125. The van der Waals surface area contributed by atoms with E-state index in [0.29, 0.717) is 17.1 Å². The lowest BCUT2D eigenvalue weighted by Gasteiger charge is -2.30. The van der Waals surface area contributed by atoms with Crippen molar-refractivity contribution >= 4 is 5.91 Å². The first kappa shape index (κ1) is 22.3. The number of H-pyrrole nitrogens is 1. The van der Waals surface area contributed by atoms with Gasteiger partial charge in [0, 0.05) is 18.5 Å². The molecular formula is C25H22F3N3O3. The van der Waals surface area contributed by atoms with Crippen LogP contribution in [0.4, 0.5) is 13.2 Å². The topological polar surface area (TPSA) is 86.3 Å². The Morgan fingerprint density at radius 3 is 2.44 bits per heavy atom. The van der Waals surface area contributed by atoms with E-state index in [2.05, 4.69) is 4.98 Å². The smallest absolute Gasteiger partial charge is 0.378 e. The Kier molecular flexibility index (Phi) is 5.31. The van der Waals surface area contributed by atoms with Crippen LogP contribution in [0.5, 0.6) is 0 Å². The molecule has 1 aromatic heterocycles. The lowest BCUT2D eigenvalue weighted by molar-refractivity contribution is -0.145. The number of nitrogens with zero attached hydrogens (tertiary/aromatic N) is 2. The van der Waals surface area contributed by atoms with Gasteiger partial charge in [-0.05, 0) is 24.5 Å². The second-order valence-electron chi connectivity index (χ2n) is 8.79. The molecule has 0 spiro atoms. The van der Waals surface area contributed by atoms with Crippen LogP contribution in [0, 0.1) is 0 Å². The molecule has 0 bridgehead atoms. The second kappa shape index (κ2) is 8.09. The molecule has 176 valence electrons. The summed E-state index contributed by atoms with van der Waals surface area (Å²) in [6.07, 6.45) is -4.68. The summed E-state index contributed by atoms with van der Waals surface area (Å²) < 4.78 is 40.0. The number of hydrogen-bond donors (Lipinski definition) is 2. The molecule has 2 N–H and O–H groups in total. The zero-order chi connectivity index (χ0) is 24.1. The van der Waals surface area contributed by atoms with Gasteiger partial charge in [0.1, 0.15) is 5.82 Å². The predicted molar refractivity (Wildman–Crippen MR) is 117 cm³/mol. The standard InChI is InChI=1S/C25H22F3N3O3/c26-25(27,28)18-9-5-4-8-16(18)20(32)22(34)31-13-10-19-17(14-31)21(33)30-23(29-19)24(11-12-24)15-6-2-1-3-7-15/h1-9,20,32H,10-14H2,(H,29,30,33). The number of aromatic nitrogens is 2. The zero-order valence-corrected chi connectivity index (χ0v) is 18.1. The largest absolute Gasteiger partial charge is 0.416 e. The van der Waals surface area contributed by atoms with E-state index in [0.717, 1.165) is 30.5 Å². The van der Waals surface area contributed by atoms with Crippen molar-refractivity contribution in [1.82, 2.24) is 14.9 Å². The fourth-order valence-corrected chi connectivity index (χ4v) is 4.68. The molecule has 5 rings (SSSR count). The number of halogens is 3. The van der Waals surface area contributed by atoms with E-state index < -0.39 is 29.3 Å². The molecule has 0 radical (unpaired) electrons. The van der Waals surface area contributed by atoms with Gasteiger partial charge in [0.05, 0.1) is 28.8 Å². The Labute approximate surface area is 193 Å². The van der Waals surface area contributed by atoms with E-state index in [1.54, 1.807) is 0 Å². The monoisotopic (exact) mass is 469 g/mol. The maximum absolute atomic E-state index is 13.3. The molecule has 1 unspecified atom stereocenters. The summed E-state index contributed by atoms with van der Waals surface area (Å²) in [5.74, 6) is -0.282. The first-order chi connectivity index (χ1) is 16.2. The van der Waals surface area contributed by atoms with Crippen LogP contribution in [0.1, 0.15) is 52.7 Å². The van der Waals surface area contributed by atoms with Gasteiger partial charge in [-0.2, -0.15) is 13.2 Å². The van der Waals surface area contributed by atoms with Crippen molar-refractivity contribution in [2.24, 2.45) is 0 Å². The second-order valence-corrected chi connectivity index (χ2v) is 8.79. The summed E-state index contributed by atoms with van der Waals surface area (Å²) in [4.78, 5) is 34.6. The highest BCUT2D eigenvalue weighted by Crippen LogP contribution is 2.52. The molecule has 34 heavy (non-hydrogen) atoms. The number of nitrogens with one attached hydrogen (secondary N) is 1. The van der Waals surface area contributed by atoms with E-state index in [1.165, 1.54) is 17.0 Å². The van der Waals surface area contributed by atoms with Gasteiger partial charge in [-0.15, -0.1) is 0 Å². The van der Waals surface area contributed by atoms with Gasteiger partial charge in [-0.3, -0.25) is 9.59 Å².